The fourth-order valence-corrected chi connectivity index (χ4v) is 5.15. The van der Waals surface area contributed by atoms with Crippen molar-refractivity contribution in [2.24, 2.45) is 0 Å². The van der Waals surface area contributed by atoms with Gasteiger partial charge in [0.1, 0.15) is 0 Å². The Morgan fingerprint density at radius 1 is 0.900 bits per heavy atom. The predicted octanol–water partition coefficient (Wildman–Crippen LogP) is 2.97. The third-order valence-corrected chi connectivity index (χ3v) is 8.27. The number of halogens is 2. The number of hydrogen-bond donors (Lipinski definition) is 1. The van der Waals surface area contributed by atoms with Gasteiger partial charge in [0.15, 0.2) is 0 Å². The first-order valence-electron chi connectivity index (χ1n) is 9.09. The van der Waals surface area contributed by atoms with E-state index in [-0.39, 0.29) is 34.4 Å². The minimum absolute atomic E-state index is 0.0301. The average molecular weight is 460 g/mol. The van der Waals surface area contributed by atoms with Crippen molar-refractivity contribution in [3.05, 3.63) is 48.5 Å². The van der Waals surface area contributed by atoms with Gasteiger partial charge in [-0.25, -0.2) is 29.9 Å². The maximum absolute atomic E-state index is 13.2. The molecule has 1 aliphatic carbocycles. The molecule has 2 aromatic carbocycles. The molecule has 0 amide bonds. The summed E-state index contributed by atoms with van der Waals surface area (Å²) in [4.78, 5) is 1.49. The number of rotatable bonds is 7. The third kappa shape index (κ3) is 4.42. The van der Waals surface area contributed by atoms with Gasteiger partial charge in [-0.15, -0.1) is 0 Å². The quantitative estimate of drug-likeness (QED) is 0.688. The molecule has 7 nitrogen and oxygen atoms in total. The van der Waals surface area contributed by atoms with E-state index in [0.29, 0.717) is 5.69 Å². The number of para-hydroxylation sites is 2. The number of alkyl halides is 2. The standard InChI is InChI=1S/C19H23F2N3O4S2/c1-23(2)30(27,28)16-10-8-15(9-11-16)29(25,26)22-17-6-4-5-7-18(17)24(3)14-12-19(20,21)13-14/h4-11,14,22H,12-13H2,1-3H3. The molecular weight excluding hydrogens is 436 g/mol. The third-order valence-electron chi connectivity index (χ3n) is 5.06. The van der Waals surface area contributed by atoms with E-state index in [9.17, 15) is 25.6 Å². The van der Waals surface area contributed by atoms with E-state index in [1.807, 2.05) is 0 Å². The molecule has 1 saturated carbocycles. The zero-order chi connectivity index (χ0) is 22.3. The van der Waals surface area contributed by atoms with Crippen LogP contribution in [-0.2, 0) is 20.0 Å². The monoisotopic (exact) mass is 459 g/mol. The summed E-state index contributed by atoms with van der Waals surface area (Å²) in [6, 6.07) is 11.0. The predicted molar refractivity (Wildman–Crippen MR) is 111 cm³/mol. The topological polar surface area (TPSA) is 86.8 Å². The zero-order valence-electron chi connectivity index (χ0n) is 16.7. The van der Waals surface area contributed by atoms with Crippen molar-refractivity contribution in [1.82, 2.24) is 4.31 Å². The lowest BCUT2D eigenvalue weighted by atomic mass is 9.87. The normalized spacial score (nSPS) is 16.9. The summed E-state index contributed by atoms with van der Waals surface area (Å²) in [5.74, 6) is -2.69. The molecule has 0 unspecified atom stereocenters. The van der Waals surface area contributed by atoms with Crippen molar-refractivity contribution in [2.45, 2.75) is 34.6 Å². The second-order valence-corrected chi connectivity index (χ2v) is 11.2. The van der Waals surface area contributed by atoms with E-state index >= 15 is 0 Å². The van der Waals surface area contributed by atoms with Crippen LogP contribution >= 0.6 is 0 Å². The van der Waals surface area contributed by atoms with Crippen LogP contribution in [0.4, 0.5) is 20.2 Å². The van der Waals surface area contributed by atoms with Crippen molar-refractivity contribution in [3.63, 3.8) is 0 Å². The van der Waals surface area contributed by atoms with Crippen LogP contribution in [0.2, 0.25) is 0 Å². The number of anilines is 2. The lowest BCUT2D eigenvalue weighted by Gasteiger charge is -2.42. The van der Waals surface area contributed by atoms with E-state index in [2.05, 4.69) is 4.72 Å². The molecule has 1 aliphatic rings. The molecule has 0 saturated heterocycles. The Balaban J connectivity index is 1.84. The van der Waals surface area contributed by atoms with Crippen LogP contribution in [-0.4, -0.2) is 54.2 Å². The van der Waals surface area contributed by atoms with Crippen molar-refractivity contribution in [1.29, 1.82) is 0 Å². The molecule has 0 aromatic heterocycles. The number of benzene rings is 2. The summed E-state index contributed by atoms with van der Waals surface area (Å²) in [5.41, 5.74) is 0.730. The zero-order valence-corrected chi connectivity index (χ0v) is 18.3. The van der Waals surface area contributed by atoms with Gasteiger partial charge in [-0.1, -0.05) is 12.1 Å². The van der Waals surface area contributed by atoms with Crippen LogP contribution in [0.5, 0.6) is 0 Å². The van der Waals surface area contributed by atoms with Gasteiger partial charge in [0.05, 0.1) is 21.2 Å². The Kier molecular flexibility index (Phi) is 5.82. The molecule has 0 bridgehead atoms. The first kappa shape index (κ1) is 22.4. The van der Waals surface area contributed by atoms with Crippen LogP contribution in [0.25, 0.3) is 0 Å². The van der Waals surface area contributed by atoms with Gasteiger partial charge in [-0.05, 0) is 36.4 Å². The molecule has 0 heterocycles. The van der Waals surface area contributed by atoms with Crippen molar-refractivity contribution in [2.75, 3.05) is 30.8 Å². The molecule has 30 heavy (non-hydrogen) atoms. The number of hydrogen-bond acceptors (Lipinski definition) is 5. The number of nitrogens with zero attached hydrogens (tertiary/aromatic N) is 2. The largest absolute Gasteiger partial charge is 0.369 e. The summed E-state index contributed by atoms with van der Waals surface area (Å²) in [6.45, 7) is 0. The fraction of sp³-hybridized carbons (Fsp3) is 0.368. The van der Waals surface area contributed by atoms with Gasteiger partial charge >= 0.3 is 0 Å². The molecule has 2 aromatic rings. The Bertz CT molecular complexity index is 1130. The van der Waals surface area contributed by atoms with Gasteiger partial charge in [-0.3, -0.25) is 4.72 Å². The first-order chi connectivity index (χ1) is 13.8. The second kappa shape index (κ2) is 7.78. The second-order valence-electron chi connectivity index (χ2n) is 7.41. The van der Waals surface area contributed by atoms with Gasteiger partial charge in [-0.2, -0.15) is 0 Å². The van der Waals surface area contributed by atoms with Gasteiger partial charge in [0, 0.05) is 40.0 Å². The first-order valence-corrected chi connectivity index (χ1v) is 12.0. The highest BCUT2D eigenvalue weighted by molar-refractivity contribution is 7.92. The van der Waals surface area contributed by atoms with E-state index < -0.39 is 26.0 Å². The SMILES string of the molecule is CN(c1ccccc1NS(=O)(=O)c1ccc(S(=O)(=O)N(C)C)cc1)C1CC(F)(F)C1. The van der Waals surface area contributed by atoms with Crippen LogP contribution < -0.4 is 9.62 Å². The summed E-state index contributed by atoms with van der Waals surface area (Å²) >= 11 is 0. The summed E-state index contributed by atoms with van der Waals surface area (Å²) in [5, 5.41) is 0. The Morgan fingerprint density at radius 3 is 1.97 bits per heavy atom. The highest BCUT2D eigenvalue weighted by Crippen LogP contribution is 2.42. The molecule has 0 spiro atoms. The van der Waals surface area contributed by atoms with Crippen LogP contribution in [0.1, 0.15) is 12.8 Å². The molecule has 11 heteroatoms. The molecule has 3 rings (SSSR count). The average Bonchev–Trinajstić information content (AvgIpc) is 2.65. The molecule has 0 aliphatic heterocycles. The van der Waals surface area contributed by atoms with Crippen LogP contribution in [0, 0.1) is 0 Å². The highest BCUT2D eigenvalue weighted by Gasteiger charge is 2.47. The van der Waals surface area contributed by atoms with Gasteiger partial charge in [0.25, 0.3) is 15.9 Å². The van der Waals surface area contributed by atoms with E-state index in [0.717, 1.165) is 4.31 Å². The Labute approximate surface area is 175 Å². The number of nitrogens with one attached hydrogen (secondary N) is 1. The molecule has 1 N–H and O–H groups in total. The van der Waals surface area contributed by atoms with Crippen molar-refractivity contribution >= 4 is 31.4 Å². The van der Waals surface area contributed by atoms with Gasteiger partial charge in [0.2, 0.25) is 10.0 Å². The molecule has 0 atom stereocenters. The lowest BCUT2D eigenvalue weighted by Crippen LogP contribution is -2.49. The molecular formula is C19H23F2N3O4S2. The summed E-state index contributed by atoms with van der Waals surface area (Å²) in [7, 11) is -3.29. The van der Waals surface area contributed by atoms with Crippen LogP contribution in [0.3, 0.4) is 0 Å². The Hall–Kier alpha value is -2.24. The Morgan fingerprint density at radius 2 is 1.43 bits per heavy atom. The fourth-order valence-electron chi connectivity index (χ4n) is 3.17. The van der Waals surface area contributed by atoms with Crippen molar-refractivity contribution < 1.29 is 25.6 Å². The maximum Gasteiger partial charge on any atom is 0.261 e. The molecule has 1 fully saturated rings. The van der Waals surface area contributed by atoms with Gasteiger partial charge < -0.3 is 4.90 Å². The molecule has 0 radical (unpaired) electrons. The minimum Gasteiger partial charge on any atom is -0.369 e. The minimum atomic E-state index is -4.02. The van der Waals surface area contributed by atoms with Crippen molar-refractivity contribution in [3.8, 4) is 0 Å². The maximum atomic E-state index is 13.2. The smallest absolute Gasteiger partial charge is 0.261 e. The molecule has 164 valence electrons. The number of sulfonamides is 2. The van der Waals surface area contributed by atoms with E-state index in [1.165, 1.54) is 38.4 Å². The summed E-state index contributed by atoms with van der Waals surface area (Å²) < 4.78 is 79.9. The van der Waals surface area contributed by atoms with E-state index in [1.54, 1.807) is 36.2 Å². The van der Waals surface area contributed by atoms with Crippen LogP contribution in [0.15, 0.2) is 58.3 Å². The lowest BCUT2D eigenvalue weighted by molar-refractivity contribution is -0.0848. The highest BCUT2D eigenvalue weighted by atomic mass is 32.2. The summed E-state index contributed by atoms with van der Waals surface area (Å²) in [6.07, 6.45) is -0.571. The van der Waals surface area contributed by atoms with E-state index in [4.69, 9.17) is 0 Å².